The molecule has 0 fully saturated rings. The first-order valence-corrected chi connectivity index (χ1v) is 7.89. The highest BCUT2D eigenvalue weighted by Gasteiger charge is 2.20. The van der Waals surface area contributed by atoms with Gasteiger partial charge in [0.05, 0.1) is 12.6 Å². The number of fused-ring (bicyclic) bond motifs is 3. The number of rotatable bonds is 3. The number of aromatic nitrogens is 3. The number of methoxy groups -OCH3 is 1. The lowest BCUT2D eigenvalue weighted by Crippen LogP contribution is -2.15. The van der Waals surface area contributed by atoms with Crippen LogP contribution in [0.3, 0.4) is 0 Å². The van der Waals surface area contributed by atoms with Crippen molar-refractivity contribution in [2.45, 2.75) is 31.2 Å². The third-order valence-electron chi connectivity index (χ3n) is 3.71. The number of para-hydroxylation sites is 1. The van der Waals surface area contributed by atoms with E-state index in [1.807, 2.05) is 16.5 Å². The highest BCUT2D eigenvalue weighted by atomic mass is 32.2. The molecule has 0 saturated heterocycles. The molecule has 0 aliphatic heterocycles. The van der Waals surface area contributed by atoms with Crippen LogP contribution in [0.25, 0.3) is 16.6 Å². The van der Waals surface area contributed by atoms with Crippen molar-refractivity contribution in [2.75, 3.05) is 7.11 Å². The molecule has 0 N–H and O–H groups in total. The molecule has 5 nitrogen and oxygen atoms in total. The molecular weight excluding hydrogens is 298 g/mol. The van der Waals surface area contributed by atoms with Crippen LogP contribution in [0.5, 0.6) is 0 Å². The van der Waals surface area contributed by atoms with Crippen molar-refractivity contribution in [3.05, 3.63) is 35.4 Å². The zero-order valence-electron chi connectivity index (χ0n) is 13.0. The van der Waals surface area contributed by atoms with Gasteiger partial charge in [-0.25, -0.2) is 0 Å². The fourth-order valence-electron chi connectivity index (χ4n) is 2.58. The van der Waals surface area contributed by atoms with Crippen LogP contribution in [0.4, 0.5) is 0 Å². The van der Waals surface area contributed by atoms with Crippen molar-refractivity contribution >= 4 is 34.3 Å². The molecule has 6 heteroatoms. The normalized spacial score (nSPS) is 12.7. The Bertz CT molecular complexity index is 873. The van der Waals surface area contributed by atoms with Gasteiger partial charge >= 0.3 is 5.97 Å². The summed E-state index contributed by atoms with van der Waals surface area (Å²) in [6.07, 6.45) is 0. The molecule has 114 valence electrons. The van der Waals surface area contributed by atoms with Crippen LogP contribution in [-0.2, 0) is 9.53 Å². The molecule has 0 bridgehead atoms. The predicted molar refractivity (Wildman–Crippen MR) is 87.3 cm³/mol. The maximum Gasteiger partial charge on any atom is 0.318 e. The van der Waals surface area contributed by atoms with Crippen LogP contribution in [0.2, 0.25) is 0 Å². The summed E-state index contributed by atoms with van der Waals surface area (Å²) in [6.45, 7) is 5.94. The van der Waals surface area contributed by atoms with E-state index in [1.54, 1.807) is 6.92 Å². The molecule has 0 radical (unpaired) electrons. The van der Waals surface area contributed by atoms with Crippen LogP contribution >= 0.6 is 11.8 Å². The third-order valence-corrected chi connectivity index (χ3v) is 4.73. The molecule has 0 saturated carbocycles. The van der Waals surface area contributed by atoms with Crippen LogP contribution in [-0.4, -0.2) is 32.9 Å². The monoisotopic (exact) mass is 315 g/mol. The number of pyridine rings is 1. The molecule has 1 unspecified atom stereocenters. The van der Waals surface area contributed by atoms with Gasteiger partial charge in [-0.15, -0.1) is 10.2 Å². The molecule has 0 spiro atoms. The Hall–Kier alpha value is -2.08. The minimum absolute atomic E-state index is 0.269. The van der Waals surface area contributed by atoms with E-state index in [0.717, 1.165) is 22.3 Å². The fraction of sp³-hybridized carbons (Fsp3) is 0.312. The Morgan fingerprint density at radius 2 is 2.05 bits per heavy atom. The maximum absolute atomic E-state index is 11.7. The summed E-state index contributed by atoms with van der Waals surface area (Å²) in [5, 5.41) is 10.0. The molecule has 3 aromatic rings. The second kappa shape index (κ2) is 5.61. The average molecular weight is 315 g/mol. The van der Waals surface area contributed by atoms with Gasteiger partial charge in [-0.2, -0.15) is 0 Å². The van der Waals surface area contributed by atoms with E-state index >= 15 is 0 Å². The first-order valence-electron chi connectivity index (χ1n) is 7.01. The van der Waals surface area contributed by atoms with Gasteiger partial charge in [-0.1, -0.05) is 30.0 Å². The lowest BCUT2D eigenvalue weighted by molar-refractivity contribution is -0.139. The number of esters is 1. The van der Waals surface area contributed by atoms with E-state index in [-0.39, 0.29) is 11.2 Å². The van der Waals surface area contributed by atoms with E-state index in [2.05, 4.69) is 36.2 Å². The Morgan fingerprint density at radius 1 is 1.27 bits per heavy atom. The van der Waals surface area contributed by atoms with Crippen LogP contribution in [0.1, 0.15) is 18.1 Å². The van der Waals surface area contributed by atoms with E-state index in [4.69, 9.17) is 4.74 Å². The number of hydrogen-bond acceptors (Lipinski definition) is 5. The molecule has 2 aromatic heterocycles. The smallest absolute Gasteiger partial charge is 0.318 e. The molecule has 0 aliphatic carbocycles. The minimum Gasteiger partial charge on any atom is -0.468 e. The second-order valence-electron chi connectivity index (χ2n) is 5.26. The van der Waals surface area contributed by atoms with Gasteiger partial charge in [0.15, 0.2) is 10.8 Å². The molecule has 3 rings (SSSR count). The topological polar surface area (TPSA) is 56.5 Å². The van der Waals surface area contributed by atoms with E-state index in [1.165, 1.54) is 24.3 Å². The number of hydrogen-bond donors (Lipinski definition) is 0. The number of benzene rings is 1. The highest BCUT2D eigenvalue weighted by Crippen LogP contribution is 2.29. The van der Waals surface area contributed by atoms with Gasteiger partial charge < -0.3 is 4.74 Å². The van der Waals surface area contributed by atoms with Gasteiger partial charge in [0, 0.05) is 5.39 Å². The minimum atomic E-state index is -0.335. The summed E-state index contributed by atoms with van der Waals surface area (Å²) < 4.78 is 6.80. The van der Waals surface area contributed by atoms with Crippen molar-refractivity contribution in [2.24, 2.45) is 0 Å². The molecule has 22 heavy (non-hydrogen) atoms. The first-order chi connectivity index (χ1) is 10.5. The van der Waals surface area contributed by atoms with E-state index in [0.29, 0.717) is 5.16 Å². The van der Waals surface area contributed by atoms with Crippen molar-refractivity contribution in [3.63, 3.8) is 0 Å². The van der Waals surface area contributed by atoms with Crippen LogP contribution < -0.4 is 0 Å². The third kappa shape index (κ3) is 2.33. The number of carbonyl (C=O) groups is 1. The Morgan fingerprint density at radius 3 is 2.77 bits per heavy atom. The fourth-order valence-corrected chi connectivity index (χ4v) is 3.47. The summed E-state index contributed by atoms with van der Waals surface area (Å²) in [4.78, 5) is 11.7. The zero-order chi connectivity index (χ0) is 15.9. The summed E-state index contributed by atoms with van der Waals surface area (Å²) in [5.74, 6) is -0.269. The van der Waals surface area contributed by atoms with Gasteiger partial charge in [0.1, 0.15) is 5.25 Å². The summed E-state index contributed by atoms with van der Waals surface area (Å²) in [5.41, 5.74) is 4.19. The van der Waals surface area contributed by atoms with Crippen molar-refractivity contribution < 1.29 is 9.53 Å². The van der Waals surface area contributed by atoms with E-state index in [9.17, 15) is 4.79 Å². The zero-order valence-corrected chi connectivity index (χ0v) is 13.8. The number of ether oxygens (including phenoxy) is 1. The largest absolute Gasteiger partial charge is 0.468 e. The Balaban J connectivity index is 2.23. The predicted octanol–water partition coefficient (Wildman–Crippen LogP) is 3.15. The number of carbonyl (C=O) groups excluding carboxylic acids is 1. The summed E-state index contributed by atoms with van der Waals surface area (Å²) in [6, 6.07) is 8.22. The first kappa shape index (κ1) is 14.8. The Kier molecular flexibility index (Phi) is 3.78. The van der Waals surface area contributed by atoms with E-state index < -0.39 is 0 Å². The SMILES string of the molecule is COC(=O)C(C)Sc1nnc2cc(C)c3cccc(C)c3n12. The molecule has 1 atom stereocenters. The molecule has 0 aliphatic rings. The second-order valence-corrected chi connectivity index (χ2v) is 6.57. The van der Waals surface area contributed by atoms with Crippen molar-refractivity contribution in [1.29, 1.82) is 0 Å². The molecule has 1 aromatic carbocycles. The number of thioether (sulfide) groups is 1. The van der Waals surface area contributed by atoms with Gasteiger partial charge in [-0.3, -0.25) is 9.20 Å². The van der Waals surface area contributed by atoms with Gasteiger partial charge in [-0.05, 0) is 38.0 Å². The summed E-state index contributed by atoms with van der Waals surface area (Å²) in [7, 11) is 1.39. The number of aryl methyl sites for hydroxylation is 2. The standard InChI is InChI=1S/C16H17N3O2S/c1-9-6-5-7-12-10(2)8-13-17-18-16(19(13)14(9)12)22-11(3)15(20)21-4/h5-8,11H,1-4H3. The molecular formula is C16H17N3O2S. The molecule has 2 heterocycles. The summed E-state index contributed by atoms with van der Waals surface area (Å²) >= 11 is 1.36. The van der Waals surface area contributed by atoms with Crippen molar-refractivity contribution in [3.8, 4) is 0 Å². The molecule has 0 amide bonds. The van der Waals surface area contributed by atoms with Crippen molar-refractivity contribution in [1.82, 2.24) is 14.6 Å². The quantitative estimate of drug-likeness (QED) is 0.549. The number of nitrogens with zero attached hydrogens (tertiary/aromatic N) is 3. The highest BCUT2D eigenvalue weighted by molar-refractivity contribution is 8.00. The van der Waals surface area contributed by atoms with Crippen LogP contribution in [0, 0.1) is 13.8 Å². The van der Waals surface area contributed by atoms with Crippen LogP contribution in [0.15, 0.2) is 29.4 Å². The van der Waals surface area contributed by atoms with Gasteiger partial charge in [0.2, 0.25) is 0 Å². The lowest BCUT2D eigenvalue weighted by atomic mass is 10.1. The maximum atomic E-state index is 11.7. The average Bonchev–Trinajstić information content (AvgIpc) is 2.89. The Labute approximate surface area is 132 Å². The lowest BCUT2D eigenvalue weighted by Gasteiger charge is -2.11. The van der Waals surface area contributed by atoms with Gasteiger partial charge in [0.25, 0.3) is 0 Å².